The largest absolute Gasteiger partial charge is 0.726 e. The first-order valence-electron chi connectivity index (χ1n) is 4.58. The minimum atomic E-state index is -4.92. The molecule has 0 unspecified atom stereocenters. The Morgan fingerprint density at radius 3 is 1.47 bits per heavy atom. The van der Waals surface area contributed by atoms with Gasteiger partial charge in [-0.05, 0) is 13.8 Å². The van der Waals surface area contributed by atoms with Crippen molar-refractivity contribution in [2.24, 2.45) is 0 Å². The van der Waals surface area contributed by atoms with Crippen LogP contribution in [-0.2, 0) is 15.2 Å². The lowest BCUT2D eigenvalue weighted by Gasteiger charge is -2.20. The minimum absolute atomic E-state index is 0.176. The van der Waals surface area contributed by atoms with Gasteiger partial charge in [0.15, 0.2) is 0 Å². The number of hydrogen-bond donors (Lipinski definition) is 2. The van der Waals surface area contributed by atoms with Crippen LogP contribution in [0.4, 0.5) is 0 Å². The molecule has 0 aromatic heterocycles. The number of carboxylic acid groups (broad SMARTS) is 1. The Bertz CT molecular complexity index is 308. The maximum Gasteiger partial charge on any atom is 0.330 e. The van der Waals surface area contributed by atoms with E-state index in [2.05, 4.69) is 34.6 Å². The third kappa shape index (κ3) is 70.1. The fraction of sp³-hybridized carbons (Fsp3) is 0.667. The van der Waals surface area contributed by atoms with Gasteiger partial charge in [-0.2, -0.15) is 0 Å². The molecule has 0 heterocycles. The van der Waals surface area contributed by atoms with E-state index in [0.717, 1.165) is 4.48 Å². The molecule has 0 amide bonds. The van der Waals surface area contributed by atoms with E-state index in [4.69, 9.17) is 22.6 Å². The highest BCUT2D eigenvalue weighted by Gasteiger charge is 1.97. The van der Waals surface area contributed by atoms with Crippen molar-refractivity contribution in [2.75, 3.05) is 27.7 Å². The highest BCUT2D eigenvalue weighted by atomic mass is 32.3. The van der Waals surface area contributed by atoms with Crippen LogP contribution in [-0.4, -0.2) is 60.8 Å². The molecule has 0 saturated heterocycles. The molecule has 0 aliphatic rings. The van der Waals surface area contributed by atoms with E-state index in [1.54, 1.807) is 0 Å². The lowest BCUT2D eigenvalue weighted by molar-refractivity contribution is -0.868. The Morgan fingerprint density at radius 2 is 1.47 bits per heavy atom. The van der Waals surface area contributed by atoms with E-state index in [1.165, 1.54) is 13.5 Å². The highest BCUT2D eigenvalue weighted by Crippen LogP contribution is 1.83. The van der Waals surface area contributed by atoms with Gasteiger partial charge in [-0.15, -0.1) is 0 Å². The smallest absolute Gasteiger partial charge is 0.330 e. The second kappa shape index (κ2) is 9.11. The minimum Gasteiger partial charge on any atom is -0.726 e. The molecule has 0 rings (SSSR count). The summed E-state index contributed by atoms with van der Waals surface area (Å²) in [7, 11) is 1.62. The predicted octanol–water partition coefficient (Wildman–Crippen LogP) is 0.364. The van der Waals surface area contributed by atoms with Gasteiger partial charge in [-0.1, -0.05) is 6.58 Å². The molecular formula is C9H21NO6S. The molecule has 0 aliphatic heterocycles. The van der Waals surface area contributed by atoms with E-state index in [0.29, 0.717) is 0 Å². The summed E-state index contributed by atoms with van der Waals surface area (Å²) in [6.07, 6.45) is 0. The van der Waals surface area contributed by atoms with Gasteiger partial charge < -0.3 is 14.1 Å². The molecule has 0 aromatic carbocycles. The molecule has 104 valence electrons. The number of carboxylic acids is 1. The molecule has 17 heavy (non-hydrogen) atoms. The normalized spacial score (nSPS) is 10.3. The van der Waals surface area contributed by atoms with Gasteiger partial charge in [0, 0.05) is 5.57 Å². The number of hydrogen-bond acceptors (Lipinski definition) is 4. The Hall–Kier alpha value is -0.960. The summed E-state index contributed by atoms with van der Waals surface area (Å²) < 4.78 is 33.9. The quantitative estimate of drug-likeness (QED) is 0.324. The van der Waals surface area contributed by atoms with Gasteiger partial charge in [0.05, 0.1) is 27.7 Å². The molecule has 0 atom stereocenters. The number of carbonyl (C=O) groups is 1. The summed E-state index contributed by atoms with van der Waals surface area (Å²) >= 11 is 0. The third-order valence-electron chi connectivity index (χ3n) is 1.31. The number of aliphatic carboxylic acids is 1. The predicted molar refractivity (Wildman–Crippen MR) is 63.3 cm³/mol. The molecule has 0 saturated carbocycles. The fourth-order valence-electron chi connectivity index (χ4n) is 0. The molecule has 7 nitrogen and oxygen atoms in total. The topological polar surface area (TPSA) is 115 Å². The van der Waals surface area contributed by atoms with E-state index >= 15 is 0 Å². The van der Waals surface area contributed by atoms with Crippen molar-refractivity contribution in [2.45, 2.75) is 13.8 Å². The SMILES string of the molecule is C=C(C)C(=O)O.CC[N+](C)(C)C.O=S(=O)([O-])O. The molecule has 0 bridgehead atoms. The van der Waals surface area contributed by atoms with Crippen LogP contribution in [0.25, 0.3) is 0 Å². The first-order chi connectivity index (χ1) is 7.20. The second-order valence-electron chi connectivity index (χ2n) is 4.12. The first-order valence-corrected chi connectivity index (χ1v) is 5.94. The molecule has 2 N–H and O–H groups in total. The highest BCUT2D eigenvalue weighted by molar-refractivity contribution is 7.79. The number of nitrogens with zero attached hydrogens (tertiary/aromatic N) is 1. The van der Waals surface area contributed by atoms with Crippen molar-refractivity contribution in [3.63, 3.8) is 0 Å². The molecule has 0 aromatic rings. The van der Waals surface area contributed by atoms with Gasteiger partial charge in [0.2, 0.25) is 10.4 Å². The lowest BCUT2D eigenvalue weighted by Crippen LogP contribution is -2.33. The standard InChI is InChI=1S/C5H14N.C4H6O2.H2O4S/c1-5-6(2,3)4;1-3(2)4(5)6;1-5(2,3)4/h5H2,1-4H3;1H2,2H3,(H,5,6);(H2,1,2,3,4)/q+1;;/p-1. The third-order valence-corrected chi connectivity index (χ3v) is 1.31. The van der Waals surface area contributed by atoms with Crippen LogP contribution in [0, 0.1) is 0 Å². The zero-order chi connectivity index (χ0) is 14.9. The average Bonchev–Trinajstić information content (AvgIpc) is 2.00. The van der Waals surface area contributed by atoms with Crippen LogP contribution in [0.5, 0.6) is 0 Å². The summed E-state index contributed by atoms with van der Waals surface area (Å²) in [4.78, 5) is 9.60. The van der Waals surface area contributed by atoms with Crippen molar-refractivity contribution < 1.29 is 31.9 Å². The van der Waals surface area contributed by atoms with Crippen LogP contribution >= 0.6 is 0 Å². The van der Waals surface area contributed by atoms with Crippen molar-refractivity contribution >= 4 is 16.4 Å². The lowest BCUT2D eigenvalue weighted by atomic mass is 10.4. The zero-order valence-corrected chi connectivity index (χ0v) is 11.6. The van der Waals surface area contributed by atoms with E-state index in [9.17, 15) is 4.79 Å². The molecule has 8 heteroatoms. The molecular weight excluding hydrogens is 250 g/mol. The van der Waals surface area contributed by atoms with Gasteiger partial charge >= 0.3 is 5.97 Å². The summed E-state index contributed by atoms with van der Waals surface area (Å²) in [6, 6.07) is 0. The van der Waals surface area contributed by atoms with E-state index < -0.39 is 16.4 Å². The van der Waals surface area contributed by atoms with Gasteiger partial charge in [0.25, 0.3) is 0 Å². The zero-order valence-electron chi connectivity index (χ0n) is 10.8. The van der Waals surface area contributed by atoms with E-state index in [1.807, 2.05) is 0 Å². The Kier molecular flexibility index (Phi) is 11.4. The summed E-state index contributed by atoms with van der Waals surface area (Å²) in [5.41, 5.74) is 0.176. The molecule has 0 spiro atoms. The fourth-order valence-corrected chi connectivity index (χ4v) is 0. The van der Waals surface area contributed by atoms with Crippen LogP contribution in [0.15, 0.2) is 12.2 Å². The molecule has 0 fully saturated rings. The Labute approximate surface area is 103 Å². The summed E-state index contributed by atoms with van der Waals surface area (Å²) in [5.74, 6) is -0.935. The maximum atomic E-state index is 9.60. The van der Waals surface area contributed by atoms with Gasteiger partial charge in [0.1, 0.15) is 0 Å². The first kappa shape index (κ1) is 21.3. The van der Waals surface area contributed by atoms with Crippen molar-refractivity contribution in [3.8, 4) is 0 Å². The van der Waals surface area contributed by atoms with Gasteiger partial charge in [-0.3, -0.25) is 4.55 Å². The summed E-state index contributed by atoms with van der Waals surface area (Å²) in [5, 5.41) is 7.89. The second-order valence-corrected chi connectivity index (χ2v) is 4.98. The van der Waals surface area contributed by atoms with Crippen LogP contribution in [0.1, 0.15) is 13.8 Å². The van der Waals surface area contributed by atoms with Gasteiger partial charge in [-0.25, -0.2) is 13.2 Å². The van der Waals surface area contributed by atoms with Crippen molar-refractivity contribution in [1.82, 2.24) is 0 Å². The van der Waals surface area contributed by atoms with E-state index in [-0.39, 0.29) is 5.57 Å². The van der Waals surface area contributed by atoms with Crippen LogP contribution < -0.4 is 0 Å². The molecule has 0 radical (unpaired) electrons. The molecule has 0 aliphatic carbocycles. The van der Waals surface area contributed by atoms with Crippen LogP contribution in [0.3, 0.4) is 0 Å². The van der Waals surface area contributed by atoms with Crippen molar-refractivity contribution in [1.29, 1.82) is 0 Å². The summed E-state index contributed by atoms with van der Waals surface area (Å²) in [6.45, 7) is 7.99. The average molecular weight is 271 g/mol. The monoisotopic (exact) mass is 271 g/mol. The Morgan fingerprint density at radius 1 is 1.35 bits per heavy atom. The number of quaternary nitrogens is 1. The number of rotatable bonds is 2. The van der Waals surface area contributed by atoms with Crippen molar-refractivity contribution in [3.05, 3.63) is 12.2 Å². The maximum absolute atomic E-state index is 9.60. The van der Waals surface area contributed by atoms with Crippen LogP contribution in [0.2, 0.25) is 0 Å². The Balaban J connectivity index is -0.000000174.